The normalized spacial score (nSPS) is 27.2. The lowest BCUT2D eigenvalue weighted by Crippen LogP contribution is -2.37. The first-order valence-corrected chi connectivity index (χ1v) is 6.46. The van der Waals surface area contributed by atoms with Crippen molar-refractivity contribution in [2.75, 3.05) is 13.1 Å². The predicted molar refractivity (Wildman–Crippen MR) is 78.5 cm³/mol. The monoisotopic (exact) mass is 297 g/mol. The Morgan fingerprint density at radius 3 is 2.61 bits per heavy atom. The number of carbonyl (C=O) groups is 1. The molecule has 2 fully saturated rings. The van der Waals surface area contributed by atoms with Crippen LogP contribution in [0.3, 0.4) is 0 Å². The van der Waals surface area contributed by atoms with Crippen LogP contribution in [0.25, 0.3) is 0 Å². The molecule has 1 heterocycles. The van der Waals surface area contributed by atoms with E-state index in [2.05, 4.69) is 17.1 Å². The van der Waals surface area contributed by atoms with Crippen LogP contribution in [0.1, 0.15) is 39.0 Å². The first kappa shape index (κ1) is 18.0. The van der Waals surface area contributed by atoms with Crippen molar-refractivity contribution in [2.24, 2.45) is 5.73 Å². The average molecular weight is 298 g/mol. The summed E-state index contributed by atoms with van der Waals surface area (Å²) in [5.74, 6) is 0.167. The van der Waals surface area contributed by atoms with Crippen LogP contribution in [0.15, 0.2) is 0 Å². The standard InChI is InChI=1S/C12H23N3O.2ClH/c1-9-7-10(8-15(9)11-4-5-11)14-12(16)3-2-6-13;;/h9-11H,2-8,13H2,1H3,(H,14,16);2*1H. The van der Waals surface area contributed by atoms with Gasteiger partial charge in [-0.3, -0.25) is 9.69 Å². The van der Waals surface area contributed by atoms with Gasteiger partial charge in [-0.05, 0) is 39.2 Å². The third kappa shape index (κ3) is 4.92. The van der Waals surface area contributed by atoms with E-state index in [1.165, 1.54) is 12.8 Å². The smallest absolute Gasteiger partial charge is 0.220 e. The molecule has 3 N–H and O–H groups in total. The van der Waals surface area contributed by atoms with E-state index in [4.69, 9.17) is 5.73 Å². The third-order valence-electron chi connectivity index (χ3n) is 3.61. The van der Waals surface area contributed by atoms with Crippen LogP contribution in [0.4, 0.5) is 0 Å². The second-order valence-electron chi connectivity index (χ2n) is 5.17. The average Bonchev–Trinajstić information content (AvgIpc) is 3.01. The molecular formula is C12H25Cl2N3O. The largest absolute Gasteiger partial charge is 0.352 e. The van der Waals surface area contributed by atoms with Crippen LogP contribution in [0.2, 0.25) is 0 Å². The molecule has 1 aliphatic heterocycles. The maximum atomic E-state index is 11.6. The number of nitrogens with two attached hydrogens (primary N) is 1. The van der Waals surface area contributed by atoms with Crippen molar-refractivity contribution in [3.05, 3.63) is 0 Å². The highest BCUT2D eigenvalue weighted by Gasteiger charge is 2.38. The van der Waals surface area contributed by atoms with Crippen LogP contribution in [-0.4, -0.2) is 42.0 Å². The molecule has 0 radical (unpaired) electrons. The quantitative estimate of drug-likeness (QED) is 0.804. The van der Waals surface area contributed by atoms with Gasteiger partial charge < -0.3 is 11.1 Å². The molecule has 2 atom stereocenters. The van der Waals surface area contributed by atoms with Gasteiger partial charge in [-0.15, -0.1) is 24.8 Å². The molecule has 18 heavy (non-hydrogen) atoms. The van der Waals surface area contributed by atoms with Crippen LogP contribution >= 0.6 is 24.8 Å². The van der Waals surface area contributed by atoms with Gasteiger partial charge >= 0.3 is 0 Å². The van der Waals surface area contributed by atoms with E-state index in [9.17, 15) is 4.79 Å². The van der Waals surface area contributed by atoms with E-state index < -0.39 is 0 Å². The van der Waals surface area contributed by atoms with Gasteiger partial charge in [0.05, 0.1) is 0 Å². The number of nitrogens with zero attached hydrogens (tertiary/aromatic N) is 1. The summed E-state index contributed by atoms with van der Waals surface area (Å²) in [6.45, 7) is 3.91. The molecule has 2 unspecified atom stereocenters. The maximum absolute atomic E-state index is 11.6. The SMILES string of the molecule is CC1CC(NC(=O)CCCN)CN1C1CC1.Cl.Cl. The molecule has 2 aliphatic rings. The summed E-state index contributed by atoms with van der Waals surface area (Å²) < 4.78 is 0. The van der Waals surface area contributed by atoms with Crippen molar-refractivity contribution in [1.82, 2.24) is 10.2 Å². The topological polar surface area (TPSA) is 58.4 Å². The Hall–Kier alpha value is -0.0300. The highest BCUT2D eigenvalue weighted by atomic mass is 35.5. The zero-order valence-corrected chi connectivity index (χ0v) is 12.6. The number of rotatable bonds is 5. The molecule has 1 amide bonds. The van der Waals surface area contributed by atoms with Crippen LogP contribution in [-0.2, 0) is 4.79 Å². The fourth-order valence-electron chi connectivity index (χ4n) is 2.64. The Labute approximate surface area is 122 Å². The highest BCUT2D eigenvalue weighted by Crippen LogP contribution is 2.33. The summed E-state index contributed by atoms with van der Waals surface area (Å²) in [4.78, 5) is 14.1. The molecule has 4 nitrogen and oxygen atoms in total. The fraction of sp³-hybridized carbons (Fsp3) is 0.917. The Morgan fingerprint density at radius 1 is 1.39 bits per heavy atom. The van der Waals surface area contributed by atoms with Crippen molar-refractivity contribution in [3.63, 3.8) is 0 Å². The minimum absolute atomic E-state index is 0. The molecule has 0 aromatic heterocycles. The summed E-state index contributed by atoms with van der Waals surface area (Å²) in [7, 11) is 0. The number of amides is 1. The van der Waals surface area contributed by atoms with Crippen molar-refractivity contribution in [3.8, 4) is 0 Å². The number of hydrogen-bond acceptors (Lipinski definition) is 3. The lowest BCUT2D eigenvalue weighted by Gasteiger charge is -2.19. The summed E-state index contributed by atoms with van der Waals surface area (Å²) in [6, 6.07) is 1.80. The van der Waals surface area contributed by atoms with E-state index in [0.717, 1.165) is 25.4 Å². The van der Waals surface area contributed by atoms with Crippen molar-refractivity contribution in [1.29, 1.82) is 0 Å². The maximum Gasteiger partial charge on any atom is 0.220 e. The molecule has 1 saturated heterocycles. The predicted octanol–water partition coefficient (Wildman–Crippen LogP) is 1.31. The van der Waals surface area contributed by atoms with Gasteiger partial charge in [-0.25, -0.2) is 0 Å². The number of carbonyl (C=O) groups excluding carboxylic acids is 1. The Balaban J connectivity index is 0.00000144. The molecule has 1 saturated carbocycles. The molecule has 0 spiro atoms. The molecule has 0 bridgehead atoms. The molecule has 2 rings (SSSR count). The highest BCUT2D eigenvalue weighted by molar-refractivity contribution is 5.85. The molecule has 0 aromatic carbocycles. The zero-order valence-electron chi connectivity index (χ0n) is 10.9. The molecule has 108 valence electrons. The van der Waals surface area contributed by atoms with E-state index in [-0.39, 0.29) is 30.7 Å². The lowest BCUT2D eigenvalue weighted by molar-refractivity contribution is -0.121. The summed E-state index contributed by atoms with van der Waals surface area (Å²) in [5.41, 5.74) is 5.39. The minimum atomic E-state index is 0. The van der Waals surface area contributed by atoms with E-state index in [0.29, 0.717) is 25.0 Å². The Bertz CT molecular complexity index is 262. The number of hydrogen-bond donors (Lipinski definition) is 2. The minimum Gasteiger partial charge on any atom is -0.352 e. The fourth-order valence-corrected chi connectivity index (χ4v) is 2.64. The first-order chi connectivity index (χ1) is 7.70. The second kappa shape index (κ2) is 8.20. The van der Waals surface area contributed by atoms with Gasteiger partial charge in [0, 0.05) is 31.1 Å². The van der Waals surface area contributed by atoms with Gasteiger partial charge in [0.2, 0.25) is 5.91 Å². The van der Waals surface area contributed by atoms with E-state index in [1.807, 2.05) is 0 Å². The molecule has 0 aromatic rings. The van der Waals surface area contributed by atoms with E-state index >= 15 is 0 Å². The van der Waals surface area contributed by atoms with Gasteiger partial charge in [0.15, 0.2) is 0 Å². The number of halogens is 2. The van der Waals surface area contributed by atoms with Crippen molar-refractivity contribution in [2.45, 2.75) is 57.2 Å². The van der Waals surface area contributed by atoms with Gasteiger partial charge in [0.1, 0.15) is 0 Å². The van der Waals surface area contributed by atoms with Crippen LogP contribution in [0, 0.1) is 0 Å². The third-order valence-corrected chi connectivity index (χ3v) is 3.61. The summed E-state index contributed by atoms with van der Waals surface area (Å²) in [6.07, 6.45) is 5.16. The van der Waals surface area contributed by atoms with E-state index in [1.54, 1.807) is 0 Å². The van der Waals surface area contributed by atoms with Crippen molar-refractivity contribution < 1.29 is 4.79 Å². The number of likely N-dealkylation sites (tertiary alicyclic amines) is 1. The van der Waals surface area contributed by atoms with Gasteiger partial charge in [-0.2, -0.15) is 0 Å². The molecular weight excluding hydrogens is 273 g/mol. The van der Waals surface area contributed by atoms with Crippen LogP contribution < -0.4 is 11.1 Å². The second-order valence-corrected chi connectivity index (χ2v) is 5.17. The van der Waals surface area contributed by atoms with Crippen LogP contribution in [0.5, 0.6) is 0 Å². The zero-order chi connectivity index (χ0) is 11.5. The summed E-state index contributed by atoms with van der Waals surface area (Å²) in [5, 5.41) is 3.12. The van der Waals surface area contributed by atoms with Crippen molar-refractivity contribution >= 4 is 30.7 Å². The summed E-state index contributed by atoms with van der Waals surface area (Å²) >= 11 is 0. The Morgan fingerprint density at radius 2 is 2.06 bits per heavy atom. The van der Waals surface area contributed by atoms with Gasteiger partial charge in [-0.1, -0.05) is 0 Å². The Kier molecular flexibility index (Phi) is 8.19. The lowest BCUT2D eigenvalue weighted by atomic mass is 10.2. The molecule has 6 heteroatoms. The van der Waals surface area contributed by atoms with Gasteiger partial charge in [0.25, 0.3) is 0 Å². The number of nitrogens with one attached hydrogen (secondary N) is 1. The molecule has 1 aliphatic carbocycles. The first-order valence-electron chi connectivity index (χ1n) is 6.46.